The largest absolute Gasteiger partial charge is 0.352 e. The quantitative estimate of drug-likeness (QED) is 0.767. The van der Waals surface area contributed by atoms with Crippen LogP contribution in [-0.4, -0.2) is 14.2 Å². The van der Waals surface area contributed by atoms with E-state index in [4.69, 9.17) is 9.47 Å². The molecular formula is C9H10BrFO2. The average molecular weight is 249 g/mol. The molecule has 1 aromatic carbocycles. The lowest BCUT2D eigenvalue weighted by Crippen LogP contribution is -2.06. The fraction of sp³-hybridized carbons (Fsp3) is 0.333. The minimum Gasteiger partial charge on any atom is -0.352 e. The third-order valence-corrected chi connectivity index (χ3v) is 2.28. The Balaban J connectivity index is 3.05. The smallest absolute Gasteiger partial charge is 0.185 e. The van der Waals surface area contributed by atoms with Gasteiger partial charge in [-0.3, -0.25) is 0 Å². The molecule has 0 radical (unpaired) electrons. The Bertz CT molecular complexity index is 287. The second-order valence-corrected chi connectivity index (χ2v) is 3.30. The van der Waals surface area contributed by atoms with E-state index < -0.39 is 6.29 Å². The van der Waals surface area contributed by atoms with Gasteiger partial charge in [-0.1, -0.05) is 12.1 Å². The first-order valence-corrected chi connectivity index (χ1v) is 4.49. The summed E-state index contributed by atoms with van der Waals surface area (Å²) in [7, 11) is 2.93. The third kappa shape index (κ3) is 2.27. The van der Waals surface area contributed by atoms with Gasteiger partial charge < -0.3 is 9.47 Å². The fourth-order valence-electron chi connectivity index (χ4n) is 1.05. The normalized spacial score (nSPS) is 10.8. The van der Waals surface area contributed by atoms with E-state index in [0.717, 1.165) is 0 Å². The molecule has 0 fully saturated rings. The van der Waals surface area contributed by atoms with Crippen molar-refractivity contribution in [1.29, 1.82) is 0 Å². The van der Waals surface area contributed by atoms with Gasteiger partial charge in [-0.2, -0.15) is 0 Å². The number of methoxy groups -OCH3 is 2. The molecule has 0 atom stereocenters. The highest BCUT2D eigenvalue weighted by molar-refractivity contribution is 9.10. The van der Waals surface area contributed by atoms with Crippen molar-refractivity contribution in [3.63, 3.8) is 0 Å². The summed E-state index contributed by atoms with van der Waals surface area (Å²) in [6.07, 6.45) is -0.655. The maximum atomic E-state index is 13.4. The molecule has 0 bridgehead atoms. The van der Waals surface area contributed by atoms with E-state index in [1.165, 1.54) is 14.2 Å². The molecular weight excluding hydrogens is 239 g/mol. The van der Waals surface area contributed by atoms with Crippen LogP contribution in [0.2, 0.25) is 0 Å². The van der Waals surface area contributed by atoms with Gasteiger partial charge >= 0.3 is 0 Å². The van der Waals surface area contributed by atoms with Gasteiger partial charge in [-0.15, -0.1) is 0 Å². The van der Waals surface area contributed by atoms with E-state index in [0.29, 0.717) is 10.0 Å². The summed E-state index contributed by atoms with van der Waals surface area (Å²) < 4.78 is 23.7. The standard InChI is InChI=1S/C9H10BrFO2/c1-12-9(13-2)6-4-3-5-7(10)8(6)11/h3-5,9H,1-2H3. The van der Waals surface area contributed by atoms with E-state index in [1.54, 1.807) is 18.2 Å². The highest BCUT2D eigenvalue weighted by Gasteiger charge is 2.15. The first-order chi connectivity index (χ1) is 6.20. The van der Waals surface area contributed by atoms with Gasteiger partial charge in [0.25, 0.3) is 0 Å². The van der Waals surface area contributed by atoms with Crippen LogP contribution in [0.4, 0.5) is 4.39 Å². The minimum atomic E-state index is -0.655. The topological polar surface area (TPSA) is 18.5 Å². The van der Waals surface area contributed by atoms with Crippen LogP contribution in [0.15, 0.2) is 22.7 Å². The summed E-state index contributed by atoms with van der Waals surface area (Å²) in [4.78, 5) is 0. The molecule has 4 heteroatoms. The molecule has 0 saturated carbocycles. The van der Waals surface area contributed by atoms with Crippen molar-refractivity contribution in [1.82, 2.24) is 0 Å². The number of halogens is 2. The summed E-state index contributed by atoms with van der Waals surface area (Å²) in [6.45, 7) is 0. The highest BCUT2D eigenvalue weighted by atomic mass is 79.9. The molecule has 72 valence electrons. The van der Waals surface area contributed by atoms with Crippen LogP contribution in [0, 0.1) is 5.82 Å². The SMILES string of the molecule is COC(OC)c1cccc(Br)c1F. The number of hydrogen-bond acceptors (Lipinski definition) is 2. The third-order valence-electron chi connectivity index (χ3n) is 1.66. The molecule has 0 aromatic heterocycles. The van der Waals surface area contributed by atoms with Gasteiger partial charge in [-0.25, -0.2) is 4.39 Å². The van der Waals surface area contributed by atoms with Crippen LogP contribution in [0.3, 0.4) is 0 Å². The molecule has 0 heterocycles. The van der Waals surface area contributed by atoms with E-state index in [2.05, 4.69) is 15.9 Å². The molecule has 0 aliphatic rings. The van der Waals surface area contributed by atoms with Crippen molar-refractivity contribution in [2.75, 3.05) is 14.2 Å². The lowest BCUT2D eigenvalue weighted by Gasteiger charge is -2.14. The van der Waals surface area contributed by atoms with Crippen molar-refractivity contribution in [3.8, 4) is 0 Å². The van der Waals surface area contributed by atoms with E-state index in [1.807, 2.05) is 0 Å². The van der Waals surface area contributed by atoms with Crippen molar-refractivity contribution >= 4 is 15.9 Å². The predicted octanol–water partition coefficient (Wildman–Crippen LogP) is 2.88. The number of hydrogen-bond donors (Lipinski definition) is 0. The fourth-order valence-corrected chi connectivity index (χ4v) is 1.43. The van der Waals surface area contributed by atoms with Crippen LogP contribution in [0.25, 0.3) is 0 Å². The Labute approximate surface area is 84.8 Å². The van der Waals surface area contributed by atoms with Gasteiger partial charge in [0.05, 0.1) is 4.47 Å². The first-order valence-electron chi connectivity index (χ1n) is 3.70. The molecule has 0 spiro atoms. The van der Waals surface area contributed by atoms with Gasteiger partial charge in [0.1, 0.15) is 5.82 Å². The number of ether oxygens (including phenoxy) is 2. The number of rotatable bonds is 3. The molecule has 1 rings (SSSR count). The average Bonchev–Trinajstić information content (AvgIpc) is 2.14. The van der Waals surface area contributed by atoms with E-state index >= 15 is 0 Å². The van der Waals surface area contributed by atoms with Gasteiger partial charge in [0, 0.05) is 19.8 Å². The molecule has 0 aliphatic carbocycles. The number of benzene rings is 1. The van der Waals surface area contributed by atoms with Gasteiger partial charge in [0.2, 0.25) is 0 Å². The summed E-state index contributed by atoms with van der Waals surface area (Å²) in [5.41, 5.74) is 0.388. The Hall–Kier alpha value is -0.450. The second-order valence-electron chi connectivity index (χ2n) is 2.45. The summed E-state index contributed by atoms with van der Waals surface area (Å²) in [5.74, 6) is -0.351. The van der Waals surface area contributed by atoms with Crippen LogP contribution in [-0.2, 0) is 9.47 Å². The zero-order chi connectivity index (χ0) is 9.84. The Morgan fingerprint density at radius 1 is 1.31 bits per heavy atom. The van der Waals surface area contributed by atoms with Crippen molar-refractivity contribution < 1.29 is 13.9 Å². The minimum absolute atomic E-state index is 0.351. The van der Waals surface area contributed by atoms with Crippen LogP contribution >= 0.6 is 15.9 Å². The lowest BCUT2D eigenvalue weighted by atomic mass is 10.2. The molecule has 2 nitrogen and oxygen atoms in total. The summed E-state index contributed by atoms with van der Waals surface area (Å²) in [6, 6.07) is 4.98. The molecule has 0 unspecified atom stereocenters. The Morgan fingerprint density at radius 3 is 2.46 bits per heavy atom. The maximum Gasteiger partial charge on any atom is 0.185 e. The highest BCUT2D eigenvalue weighted by Crippen LogP contribution is 2.25. The summed E-state index contributed by atoms with van der Waals surface area (Å²) >= 11 is 3.09. The zero-order valence-corrected chi connectivity index (χ0v) is 8.97. The molecule has 0 aliphatic heterocycles. The van der Waals surface area contributed by atoms with E-state index in [9.17, 15) is 4.39 Å². The van der Waals surface area contributed by atoms with Crippen molar-refractivity contribution in [2.24, 2.45) is 0 Å². The molecule has 1 aromatic rings. The predicted molar refractivity (Wildman–Crippen MR) is 50.9 cm³/mol. The maximum absolute atomic E-state index is 13.4. The van der Waals surface area contributed by atoms with Crippen molar-refractivity contribution in [3.05, 3.63) is 34.1 Å². The van der Waals surface area contributed by atoms with Gasteiger partial charge in [0.15, 0.2) is 6.29 Å². The van der Waals surface area contributed by atoms with Crippen LogP contribution < -0.4 is 0 Å². The molecule has 0 amide bonds. The van der Waals surface area contributed by atoms with Crippen LogP contribution in [0.1, 0.15) is 11.9 Å². The first kappa shape index (κ1) is 10.6. The second kappa shape index (κ2) is 4.69. The Kier molecular flexibility index (Phi) is 3.84. The zero-order valence-electron chi connectivity index (χ0n) is 7.38. The monoisotopic (exact) mass is 248 g/mol. The van der Waals surface area contributed by atoms with E-state index in [-0.39, 0.29) is 5.82 Å². The molecule has 0 N–H and O–H groups in total. The summed E-state index contributed by atoms with van der Waals surface area (Å²) in [5, 5.41) is 0. The molecule has 13 heavy (non-hydrogen) atoms. The van der Waals surface area contributed by atoms with Crippen molar-refractivity contribution in [2.45, 2.75) is 6.29 Å². The van der Waals surface area contributed by atoms with Crippen LogP contribution in [0.5, 0.6) is 0 Å². The molecule has 0 saturated heterocycles. The van der Waals surface area contributed by atoms with Gasteiger partial charge in [-0.05, 0) is 22.0 Å². The Morgan fingerprint density at radius 2 is 1.92 bits per heavy atom. The lowest BCUT2D eigenvalue weighted by molar-refractivity contribution is -0.107.